The summed E-state index contributed by atoms with van der Waals surface area (Å²) in [4.78, 5) is 20.7. The quantitative estimate of drug-likeness (QED) is 0.822. The maximum absolute atomic E-state index is 12.8. The summed E-state index contributed by atoms with van der Waals surface area (Å²) >= 11 is 0. The van der Waals surface area contributed by atoms with Crippen LogP contribution < -0.4 is 0 Å². The van der Waals surface area contributed by atoms with Crippen LogP contribution in [-0.4, -0.2) is 67.4 Å². The molecular formula is C19H22F3N7O. The van der Waals surface area contributed by atoms with Crippen molar-refractivity contribution in [2.45, 2.75) is 37.8 Å². The lowest BCUT2D eigenvalue weighted by Gasteiger charge is -2.59. The molecule has 0 bridgehead atoms. The fourth-order valence-electron chi connectivity index (χ4n) is 5.15. The first-order chi connectivity index (χ1) is 14.3. The van der Waals surface area contributed by atoms with Crippen molar-refractivity contribution in [2.24, 2.45) is 11.3 Å². The predicted molar refractivity (Wildman–Crippen MR) is 98.2 cm³/mol. The zero-order valence-corrected chi connectivity index (χ0v) is 16.3. The van der Waals surface area contributed by atoms with E-state index < -0.39 is 11.9 Å². The van der Waals surface area contributed by atoms with E-state index >= 15 is 0 Å². The van der Waals surface area contributed by atoms with Gasteiger partial charge in [0.25, 0.3) is 0 Å². The number of nitrogens with zero attached hydrogens (tertiary/aromatic N) is 6. The van der Waals surface area contributed by atoms with Crippen molar-refractivity contribution in [1.82, 2.24) is 35.2 Å². The zero-order valence-electron chi connectivity index (χ0n) is 16.3. The van der Waals surface area contributed by atoms with Gasteiger partial charge in [-0.2, -0.15) is 23.4 Å². The Bertz CT molecular complexity index is 901. The van der Waals surface area contributed by atoms with Gasteiger partial charge in [-0.25, -0.2) is 9.78 Å². The number of amides is 2. The summed E-state index contributed by atoms with van der Waals surface area (Å²) in [7, 11) is 0. The molecule has 4 heterocycles. The Labute approximate surface area is 170 Å². The number of H-pyrrole nitrogens is 1. The van der Waals surface area contributed by atoms with Gasteiger partial charge in [-0.3, -0.25) is 5.10 Å². The lowest BCUT2D eigenvalue weighted by atomic mass is 9.57. The second-order valence-electron chi connectivity index (χ2n) is 8.83. The highest BCUT2D eigenvalue weighted by atomic mass is 19.4. The van der Waals surface area contributed by atoms with Crippen LogP contribution in [0, 0.1) is 11.3 Å². The lowest BCUT2D eigenvalue weighted by molar-refractivity contribution is -0.141. The van der Waals surface area contributed by atoms with E-state index in [4.69, 9.17) is 0 Å². The number of rotatable bonds is 3. The Morgan fingerprint density at radius 2 is 2.00 bits per heavy atom. The number of carbonyl (C=O) groups excluding carboxylic acids is 1. The third-order valence-electron chi connectivity index (χ3n) is 6.55. The topological polar surface area (TPSA) is 90.9 Å². The molecule has 11 heteroatoms. The number of hydrogen-bond donors (Lipinski definition) is 1. The van der Waals surface area contributed by atoms with Gasteiger partial charge in [0.05, 0.1) is 5.69 Å². The van der Waals surface area contributed by atoms with E-state index in [2.05, 4.69) is 25.4 Å². The molecule has 2 aliphatic heterocycles. The van der Waals surface area contributed by atoms with Crippen molar-refractivity contribution in [3.8, 4) is 0 Å². The van der Waals surface area contributed by atoms with Crippen LogP contribution in [0.3, 0.4) is 0 Å². The molecule has 3 fully saturated rings. The lowest BCUT2D eigenvalue weighted by Crippen LogP contribution is -2.65. The number of aromatic amines is 1. The van der Waals surface area contributed by atoms with Crippen LogP contribution in [-0.2, 0) is 12.6 Å². The van der Waals surface area contributed by atoms with E-state index in [1.54, 1.807) is 0 Å². The highest BCUT2D eigenvalue weighted by Gasteiger charge is 2.54. The van der Waals surface area contributed by atoms with Gasteiger partial charge in [0.15, 0.2) is 5.69 Å². The summed E-state index contributed by atoms with van der Waals surface area (Å²) in [5.74, 6) is 1.43. The average Bonchev–Trinajstić information content (AvgIpc) is 3.33. The molecule has 1 N–H and O–H groups in total. The maximum atomic E-state index is 12.8. The first kappa shape index (κ1) is 19.3. The van der Waals surface area contributed by atoms with Crippen molar-refractivity contribution in [3.63, 3.8) is 0 Å². The van der Waals surface area contributed by atoms with Gasteiger partial charge in [-0.1, -0.05) is 0 Å². The van der Waals surface area contributed by atoms with Crippen LogP contribution in [0.5, 0.6) is 0 Å². The average molecular weight is 421 g/mol. The second-order valence-corrected chi connectivity index (χ2v) is 8.83. The first-order valence-electron chi connectivity index (χ1n) is 10.1. The molecule has 1 spiro atoms. The Kier molecular flexibility index (Phi) is 4.44. The van der Waals surface area contributed by atoms with Crippen molar-refractivity contribution >= 4 is 6.03 Å². The summed E-state index contributed by atoms with van der Waals surface area (Å²) in [6, 6.07) is 2.48. The van der Waals surface area contributed by atoms with Crippen molar-refractivity contribution in [2.75, 3.05) is 26.2 Å². The molecule has 0 aromatic carbocycles. The summed E-state index contributed by atoms with van der Waals surface area (Å²) < 4.78 is 37.7. The molecule has 1 saturated carbocycles. The van der Waals surface area contributed by atoms with Gasteiger partial charge >= 0.3 is 12.2 Å². The number of nitrogens with one attached hydrogen (secondary N) is 1. The van der Waals surface area contributed by atoms with E-state index in [1.807, 2.05) is 9.80 Å². The summed E-state index contributed by atoms with van der Waals surface area (Å²) in [5, 5.41) is 13.8. The summed E-state index contributed by atoms with van der Waals surface area (Å²) in [6.07, 6.45) is 0.489. The third-order valence-corrected chi connectivity index (χ3v) is 6.55. The number of aromatic nitrogens is 5. The summed E-state index contributed by atoms with van der Waals surface area (Å²) in [6.45, 7) is 2.89. The van der Waals surface area contributed by atoms with E-state index in [-0.39, 0.29) is 17.4 Å². The normalized spacial score (nSPS) is 23.5. The molecule has 30 heavy (non-hydrogen) atoms. The van der Waals surface area contributed by atoms with Crippen molar-refractivity contribution in [3.05, 3.63) is 35.7 Å². The van der Waals surface area contributed by atoms with Crippen LogP contribution in [0.4, 0.5) is 18.0 Å². The molecule has 2 aromatic rings. The SMILES string of the molecule is O=C(N1CC[C@H](c2ncn[nH]2)C1)N1CC2(CC(Cc3ccc(C(F)(F)F)nn3)C2)C1. The minimum absolute atomic E-state index is 0.0831. The van der Waals surface area contributed by atoms with E-state index in [9.17, 15) is 18.0 Å². The molecule has 160 valence electrons. The fraction of sp³-hybridized carbons (Fsp3) is 0.632. The third kappa shape index (κ3) is 3.50. The molecule has 8 nitrogen and oxygen atoms in total. The monoisotopic (exact) mass is 421 g/mol. The van der Waals surface area contributed by atoms with Crippen LogP contribution in [0.15, 0.2) is 18.5 Å². The van der Waals surface area contributed by atoms with Gasteiger partial charge in [0.2, 0.25) is 0 Å². The smallest absolute Gasteiger partial charge is 0.324 e. The van der Waals surface area contributed by atoms with E-state index in [0.29, 0.717) is 24.6 Å². The standard InChI is InChI=1S/C19H22F3N7O/c20-19(21,22)15-2-1-14(25-26-15)5-12-6-18(7-12)9-29(10-18)17(30)28-4-3-13(8-28)16-23-11-24-27-16/h1-2,11-13H,3-10H2,(H,23,24,27)/t13-/m0/s1. The minimum atomic E-state index is -4.46. The summed E-state index contributed by atoms with van der Waals surface area (Å²) in [5.41, 5.74) is -0.202. The van der Waals surface area contributed by atoms with Crippen molar-refractivity contribution in [1.29, 1.82) is 0 Å². The van der Waals surface area contributed by atoms with Crippen LogP contribution in [0.2, 0.25) is 0 Å². The highest BCUT2D eigenvalue weighted by molar-refractivity contribution is 5.76. The zero-order chi connectivity index (χ0) is 20.9. The van der Waals surface area contributed by atoms with Gasteiger partial charge in [0, 0.05) is 37.5 Å². The predicted octanol–water partition coefficient (Wildman–Crippen LogP) is 2.48. The Balaban J connectivity index is 1.08. The van der Waals surface area contributed by atoms with Crippen molar-refractivity contribution < 1.29 is 18.0 Å². The Morgan fingerprint density at radius 1 is 1.20 bits per heavy atom. The second kappa shape index (κ2) is 6.92. The number of likely N-dealkylation sites (tertiary alicyclic amines) is 2. The minimum Gasteiger partial charge on any atom is -0.324 e. The number of alkyl halides is 3. The van der Waals surface area contributed by atoms with E-state index in [1.165, 1.54) is 12.4 Å². The molecule has 0 unspecified atom stereocenters. The molecule has 5 rings (SSSR count). The molecule has 0 radical (unpaired) electrons. The van der Waals surface area contributed by atoms with Gasteiger partial charge < -0.3 is 9.80 Å². The van der Waals surface area contributed by atoms with Crippen LogP contribution in [0.1, 0.15) is 42.4 Å². The fourth-order valence-corrected chi connectivity index (χ4v) is 5.15. The van der Waals surface area contributed by atoms with Gasteiger partial charge in [-0.15, -0.1) is 5.10 Å². The molecule has 2 saturated heterocycles. The molecule has 2 amide bonds. The number of carbonyl (C=O) groups is 1. The molecule has 2 aromatic heterocycles. The number of hydrogen-bond acceptors (Lipinski definition) is 5. The highest BCUT2D eigenvalue weighted by Crippen LogP contribution is 2.53. The molecular weight excluding hydrogens is 399 g/mol. The molecule has 1 atom stereocenters. The van der Waals surface area contributed by atoms with Gasteiger partial charge in [-0.05, 0) is 43.7 Å². The Hall–Kier alpha value is -2.72. The van der Waals surface area contributed by atoms with Crippen LogP contribution >= 0.6 is 0 Å². The molecule has 3 aliphatic rings. The number of halogens is 3. The number of urea groups is 1. The van der Waals surface area contributed by atoms with E-state index in [0.717, 1.165) is 50.8 Å². The Morgan fingerprint density at radius 3 is 2.63 bits per heavy atom. The van der Waals surface area contributed by atoms with Crippen LogP contribution in [0.25, 0.3) is 0 Å². The van der Waals surface area contributed by atoms with Gasteiger partial charge in [0.1, 0.15) is 12.2 Å². The molecule has 1 aliphatic carbocycles. The largest absolute Gasteiger partial charge is 0.435 e. The first-order valence-corrected chi connectivity index (χ1v) is 10.1. The maximum Gasteiger partial charge on any atom is 0.435 e.